The molecular weight excluding hydrogens is 232 g/mol. The molecule has 2 heterocycles. The summed E-state index contributed by atoms with van der Waals surface area (Å²) in [5.41, 5.74) is 0. The van der Waals surface area contributed by atoms with Crippen LogP contribution in [-0.4, -0.2) is 43.3 Å². The van der Waals surface area contributed by atoms with Crippen molar-refractivity contribution in [1.29, 1.82) is 0 Å². The molecule has 1 saturated heterocycles. The highest BCUT2D eigenvalue weighted by Gasteiger charge is 2.30. The molecule has 100 valence electrons. The van der Waals surface area contributed by atoms with E-state index in [1.807, 2.05) is 11.6 Å². The minimum absolute atomic E-state index is 0.194. The fourth-order valence-electron chi connectivity index (χ4n) is 2.54. The van der Waals surface area contributed by atoms with Crippen LogP contribution in [0.25, 0.3) is 0 Å². The minimum Gasteiger partial charge on any atom is -0.481 e. The number of aromatic nitrogens is 3. The number of aliphatic carboxylic acids is 1. The van der Waals surface area contributed by atoms with Gasteiger partial charge in [-0.05, 0) is 33.2 Å². The quantitative estimate of drug-likeness (QED) is 0.865. The van der Waals surface area contributed by atoms with Crippen LogP contribution in [0.2, 0.25) is 0 Å². The van der Waals surface area contributed by atoms with Crippen molar-refractivity contribution in [3.63, 3.8) is 0 Å². The molecule has 1 aliphatic heterocycles. The largest absolute Gasteiger partial charge is 0.481 e. The summed E-state index contributed by atoms with van der Waals surface area (Å²) in [6.07, 6.45) is 3.02. The van der Waals surface area contributed by atoms with Gasteiger partial charge in [-0.1, -0.05) is 0 Å². The zero-order valence-electron chi connectivity index (χ0n) is 10.9. The number of piperidine rings is 1. The number of likely N-dealkylation sites (tertiary alicyclic amines) is 1. The van der Waals surface area contributed by atoms with Gasteiger partial charge in [0, 0.05) is 12.6 Å². The van der Waals surface area contributed by atoms with Crippen molar-refractivity contribution >= 4 is 5.97 Å². The molecule has 6 nitrogen and oxygen atoms in total. The third kappa shape index (κ3) is 2.69. The summed E-state index contributed by atoms with van der Waals surface area (Å²) < 4.78 is 1.88. The van der Waals surface area contributed by atoms with Crippen molar-refractivity contribution in [1.82, 2.24) is 19.7 Å². The van der Waals surface area contributed by atoms with Gasteiger partial charge in [-0.25, -0.2) is 9.67 Å². The summed E-state index contributed by atoms with van der Waals surface area (Å²) in [5.74, 6) is 0.0941. The average Bonchev–Trinajstić information content (AvgIpc) is 2.78. The highest BCUT2D eigenvalue weighted by molar-refractivity contribution is 5.70. The van der Waals surface area contributed by atoms with E-state index in [2.05, 4.69) is 21.9 Å². The topological polar surface area (TPSA) is 71.2 Å². The number of hydrogen-bond donors (Lipinski definition) is 1. The number of rotatable bonds is 4. The van der Waals surface area contributed by atoms with Crippen molar-refractivity contribution in [2.45, 2.75) is 45.8 Å². The molecule has 0 aliphatic carbocycles. The van der Waals surface area contributed by atoms with E-state index in [-0.39, 0.29) is 12.0 Å². The Labute approximate surface area is 107 Å². The molecule has 1 aliphatic rings. The van der Waals surface area contributed by atoms with Gasteiger partial charge in [-0.15, -0.1) is 0 Å². The lowest BCUT2D eigenvalue weighted by molar-refractivity contribution is -0.144. The molecule has 6 heteroatoms. The predicted octanol–water partition coefficient (Wildman–Crippen LogP) is 0.983. The zero-order chi connectivity index (χ0) is 13.1. The molecule has 1 aromatic heterocycles. The van der Waals surface area contributed by atoms with Crippen molar-refractivity contribution < 1.29 is 9.90 Å². The van der Waals surface area contributed by atoms with E-state index < -0.39 is 5.97 Å². The number of carboxylic acid groups (broad SMARTS) is 1. The van der Waals surface area contributed by atoms with Crippen LogP contribution >= 0.6 is 0 Å². The van der Waals surface area contributed by atoms with E-state index in [0.717, 1.165) is 38.3 Å². The highest BCUT2D eigenvalue weighted by Crippen LogP contribution is 2.24. The molecule has 1 aromatic rings. The summed E-state index contributed by atoms with van der Waals surface area (Å²) in [4.78, 5) is 17.5. The first-order valence-corrected chi connectivity index (χ1v) is 6.45. The molecule has 0 spiro atoms. The predicted molar refractivity (Wildman–Crippen MR) is 65.9 cm³/mol. The molecule has 18 heavy (non-hydrogen) atoms. The highest BCUT2D eigenvalue weighted by atomic mass is 16.4. The first-order valence-electron chi connectivity index (χ1n) is 6.45. The fourth-order valence-corrected chi connectivity index (χ4v) is 2.54. The van der Waals surface area contributed by atoms with E-state index in [4.69, 9.17) is 5.11 Å². The van der Waals surface area contributed by atoms with Gasteiger partial charge in [0.15, 0.2) is 0 Å². The lowest BCUT2D eigenvalue weighted by Gasteiger charge is -2.35. The maximum atomic E-state index is 11.0. The van der Waals surface area contributed by atoms with E-state index in [1.54, 1.807) is 6.33 Å². The van der Waals surface area contributed by atoms with Gasteiger partial charge in [-0.2, -0.15) is 5.10 Å². The Morgan fingerprint density at radius 2 is 2.39 bits per heavy atom. The van der Waals surface area contributed by atoms with E-state index in [0.29, 0.717) is 0 Å². The number of hydrogen-bond acceptors (Lipinski definition) is 4. The van der Waals surface area contributed by atoms with Crippen molar-refractivity contribution in [2.24, 2.45) is 5.92 Å². The molecule has 1 N–H and O–H groups in total. The maximum absolute atomic E-state index is 11.0. The second kappa shape index (κ2) is 5.48. The normalized spacial score (nSPS) is 25.2. The van der Waals surface area contributed by atoms with Gasteiger partial charge in [0.1, 0.15) is 12.2 Å². The van der Waals surface area contributed by atoms with E-state index >= 15 is 0 Å². The minimum atomic E-state index is -0.668. The van der Waals surface area contributed by atoms with Crippen molar-refractivity contribution in [3.05, 3.63) is 12.2 Å². The van der Waals surface area contributed by atoms with Gasteiger partial charge in [0.25, 0.3) is 0 Å². The Balaban J connectivity index is 1.97. The second-order valence-corrected chi connectivity index (χ2v) is 4.87. The smallest absolute Gasteiger partial charge is 0.306 e. The van der Waals surface area contributed by atoms with E-state index in [1.165, 1.54) is 0 Å². The van der Waals surface area contributed by atoms with Crippen LogP contribution in [-0.2, 0) is 17.9 Å². The van der Waals surface area contributed by atoms with Gasteiger partial charge in [0.05, 0.1) is 12.5 Å². The molecule has 0 amide bonds. The van der Waals surface area contributed by atoms with Gasteiger partial charge >= 0.3 is 5.97 Å². The number of carboxylic acids is 1. The second-order valence-electron chi connectivity index (χ2n) is 4.87. The molecule has 1 fully saturated rings. The lowest BCUT2D eigenvalue weighted by Crippen LogP contribution is -2.42. The van der Waals surface area contributed by atoms with Crippen LogP contribution in [0.15, 0.2) is 6.33 Å². The summed E-state index contributed by atoms with van der Waals surface area (Å²) in [7, 11) is 0. The number of carbonyl (C=O) groups is 1. The Morgan fingerprint density at radius 3 is 3.00 bits per heavy atom. The van der Waals surface area contributed by atoms with E-state index in [9.17, 15) is 4.79 Å². The lowest BCUT2D eigenvalue weighted by atomic mass is 9.92. The third-order valence-electron chi connectivity index (χ3n) is 3.70. The van der Waals surface area contributed by atoms with Crippen LogP contribution in [0.1, 0.15) is 32.5 Å². The SMILES string of the molecule is CCn1ncnc1CN1CCC(C(=O)O)CC1C. The van der Waals surface area contributed by atoms with Gasteiger partial charge in [-0.3, -0.25) is 9.69 Å². The summed E-state index contributed by atoms with van der Waals surface area (Å²) in [6, 6.07) is 0.279. The average molecular weight is 252 g/mol. The van der Waals surface area contributed by atoms with Gasteiger partial charge in [0.2, 0.25) is 0 Å². The maximum Gasteiger partial charge on any atom is 0.306 e. The molecule has 2 atom stereocenters. The van der Waals surface area contributed by atoms with Crippen LogP contribution in [0.5, 0.6) is 0 Å². The first kappa shape index (κ1) is 13.0. The Hall–Kier alpha value is -1.43. The van der Waals surface area contributed by atoms with Crippen LogP contribution in [0.4, 0.5) is 0 Å². The molecule has 0 bridgehead atoms. The van der Waals surface area contributed by atoms with Crippen LogP contribution < -0.4 is 0 Å². The summed E-state index contributed by atoms with van der Waals surface area (Å²) in [6.45, 7) is 6.51. The molecule has 2 unspecified atom stereocenters. The Kier molecular flexibility index (Phi) is 3.96. The van der Waals surface area contributed by atoms with Gasteiger partial charge < -0.3 is 5.11 Å². The summed E-state index contributed by atoms with van der Waals surface area (Å²) in [5, 5.41) is 13.2. The van der Waals surface area contributed by atoms with Crippen molar-refractivity contribution in [3.8, 4) is 0 Å². The molecular formula is C12H20N4O2. The van der Waals surface area contributed by atoms with Crippen molar-refractivity contribution in [2.75, 3.05) is 6.54 Å². The Bertz CT molecular complexity index is 418. The molecule has 0 saturated carbocycles. The van der Waals surface area contributed by atoms with Crippen LogP contribution in [0, 0.1) is 5.92 Å². The zero-order valence-corrected chi connectivity index (χ0v) is 10.9. The number of nitrogens with zero attached hydrogens (tertiary/aromatic N) is 4. The standard InChI is InChI=1S/C12H20N4O2/c1-3-16-11(13-8-14-16)7-15-5-4-10(12(17)18)6-9(15)2/h8-10H,3-7H2,1-2H3,(H,17,18). The Morgan fingerprint density at radius 1 is 1.61 bits per heavy atom. The molecule has 2 rings (SSSR count). The first-order chi connectivity index (χ1) is 8.61. The number of aryl methyl sites for hydroxylation is 1. The fraction of sp³-hybridized carbons (Fsp3) is 0.750. The molecule has 0 aromatic carbocycles. The molecule has 0 radical (unpaired) electrons. The monoisotopic (exact) mass is 252 g/mol. The summed E-state index contributed by atoms with van der Waals surface area (Å²) >= 11 is 0. The third-order valence-corrected chi connectivity index (χ3v) is 3.70. The van der Waals surface area contributed by atoms with Crippen LogP contribution in [0.3, 0.4) is 0 Å².